The minimum absolute atomic E-state index is 0.381. The monoisotopic (exact) mass is 309 g/mol. The Labute approximate surface area is 129 Å². The lowest BCUT2D eigenvalue weighted by Crippen LogP contribution is -1.98. The van der Waals surface area contributed by atoms with Crippen LogP contribution in [0.4, 0.5) is 0 Å². The number of benzene rings is 1. The number of hydrogen-bond acceptors (Lipinski definition) is 2. The Bertz CT molecular complexity index is 569. The standard InChI is InChI=1S/C16H17Cl2NO/c1-3-11(2)12-4-7-14(8-5-12)20-10-13-6-9-15(17)19-16(13)18/h4-9,11H,3,10H2,1-2H3. The highest BCUT2D eigenvalue weighted by Gasteiger charge is 2.05. The van der Waals surface area contributed by atoms with Crippen LogP contribution in [0.5, 0.6) is 5.75 Å². The molecule has 0 aliphatic heterocycles. The largest absolute Gasteiger partial charge is 0.489 e. The number of rotatable bonds is 5. The van der Waals surface area contributed by atoms with Crippen LogP contribution in [0.2, 0.25) is 10.3 Å². The molecule has 0 aliphatic carbocycles. The van der Waals surface area contributed by atoms with E-state index in [4.69, 9.17) is 27.9 Å². The van der Waals surface area contributed by atoms with Crippen molar-refractivity contribution in [2.75, 3.05) is 0 Å². The summed E-state index contributed by atoms with van der Waals surface area (Å²) in [4.78, 5) is 3.99. The van der Waals surface area contributed by atoms with E-state index < -0.39 is 0 Å². The molecule has 2 aromatic rings. The number of ether oxygens (including phenoxy) is 1. The molecule has 106 valence electrons. The fraction of sp³-hybridized carbons (Fsp3) is 0.312. The smallest absolute Gasteiger partial charge is 0.137 e. The third kappa shape index (κ3) is 3.87. The average Bonchev–Trinajstić information content (AvgIpc) is 2.46. The maximum atomic E-state index is 6.01. The number of pyridine rings is 1. The molecule has 2 nitrogen and oxygen atoms in total. The van der Waals surface area contributed by atoms with Crippen LogP contribution in [-0.4, -0.2) is 4.98 Å². The number of hydrogen-bond donors (Lipinski definition) is 0. The Morgan fingerprint density at radius 2 is 1.80 bits per heavy atom. The van der Waals surface area contributed by atoms with Gasteiger partial charge in [-0.1, -0.05) is 49.2 Å². The van der Waals surface area contributed by atoms with Crippen LogP contribution in [-0.2, 0) is 6.61 Å². The first-order valence-corrected chi connectivity index (χ1v) is 7.39. The molecule has 0 bridgehead atoms. The number of halogens is 2. The van der Waals surface area contributed by atoms with E-state index in [-0.39, 0.29) is 0 Å². The van der Waals surface area contributed by atoms with Crippen molar-refractivity contribution in [2.45, 2.75) is 32.8 Å². The maximum absolute atomic E-state index is 6.01. The van der Waals surface area contributed by atoms with Gasteiger partial charge in [-0.15, -0.1) is 0 Å². The molecule has 0 amide bonds. The van der Waals surface area contributed by atoms with Crippen molar-refractivity contribution in [1.82, 2.24) is 4.98 Å². The van der Waals surface area contributed by atoms with Crippen LogP contribution in [0.25, 0.3) is 0 Å². The molecule has 0 spiro atoms. The molecule has 4 heteroatoms. The van der Waals surface area contributed by atoms with Gasteiger partial charge in [-0.05, 0) is 42.2 Å². The van der Waals surface area contributed by atoms with Crippen molar-refractivity contribution in [3.05, 3.63) is 57.8 Å². The van der Waals surface area contributed by atoms with Crippen molar-refractivity contribution in [2.24, 2.45) is 0 Å². The number of aromatic nitrogens is 1. The van der Waals surface area contributed by atoms with Gasteiger partial charge in [-0.2, -0.15) is 0 Å². The van der Waals surface area contributed by atoms with E-state index in [1.165, 1.54) is 5.56 Å². The molecule has 1 atom stereocenters. The Hall–Kier alpha value is -1.25. The van der Waals surface area contributed by atoms with Crippen LogP contribution >= 0.6 is 23.2 Å². The molecule has 0 saturated heterocycles. The van der Waals surface area contributed by atoms with Crippen molar-refractivity contribution < 1.29 is 4.74 Å². The summed E-state index contributed by atoms with van der Waals surface area (Å²) in [7, 11) is 0. The molecule has 0 radical (unpaired) electrons. The lowest BCUT2D eigenvalue weighted by atomic mass is 9.99. The van der Waals surface area contributed by atoms with Crippen LogP contribution in [0, 0.1) is 0 Å². The topological polar surface area (TPSA) is 22.1 Å². The van der Waals surface area contributed by atoms with Crippen LogP contribution < -0.4 is 4.74 Å². The molecule has 0 aliphatic rings. The van der Waals surface area contributed by atoms with Crippen LogP contribution in [0.1, 0.15) is 37.3 Å². The van der Waals surface area contributed by atoms with E-state index in [2.05, 4.69) is 31.0 Å². The third-order valence-corrected chi connectivity index (χ3v) is 3.89. The summed E-state index contributed by atoms with van der Waals surface area (Å²) >= 11 is 11.8. The molecule has 2 rings (SSSR count). The third-order valence-electron chi connectivity index (χ3n) is 3.35. The van der Waals surface area contributed by atoms with Gasteiger partial charge in [0.05, 0.1) is 0 Å². The minimum atomic E-state index is 0.381. The molecule has 0 saturated carbocycles. The van der Waals surface area contributed by atoms with E-state index in [9.17, 15) is 0 Å². The summed E-state index contributed by atoms with van der Waals surface area (Å²) in [6.07, 6.45) is 1.13. The summed E-state index contributed by atoms with van der Waals surface area (Å²) in [6.45, 7) is 4.78. The first-order valence-electron chi connectivity index (χ1n) is 6.63. The Balaban J connectivity index is 2.00. The van der Waals surface area contributed by atoms with Crippen LogP contribution in [0.15, 0.2) is 36.4 Å². The molecular formula is C16H17Cl2NO. The predicted molar refractivity (Wildman–Crippen MR) is 83.7 cm³/mol. The van der Waals surface area contributed by atoms with Gasteiger partial charge in [-0.25, -0.2) is 4.98 Å². The molecule has 1 heterocycles. The van der Waals surface area contributed by atoms with Gasteiger partial charge in [0.25, 0.3) is 0 Å². The zero-order valence-corrected chi connectivity index (χ0v) is 13.1. The molecule has 1 aromatic carbocycles. The van der Waals surface area contributed by atoms with Gasteiger partial charge in [-0.3, -0.25) is 0 Å². The van der Waals surface area contributed by atoms with Crippen molar-refractivity contribution in [3.8, 4) is 5.75 Å². The molecule has 1 aromatic heterocycles. The lowest BCUT2D eigenvalue weighted by Gasteiger charge is -2.11. The molecule has 1 unspecified atom stereocenters. The maximum Gasteiger partial charge on any atom is 0.137 e. The van der Waals surface area contributed by atoms with E-state index in [1.807, 2.05) is 18.2 Å². The summed E-state index contributed by atoms with van der Waals surface area (Å²) in [5.41, 5.74) is 2.15. The van der Waals surface area contributed by atoms with E-state index in [1.54, 1.807) is 6.07 Å². The Kier molecular flexibility index (Phi) is 5.27. The Morgan fingerprint density at radius 3 is 2.40 bits per heavy atom. The summed E-state index contributed by atoms with van der Waals surface area (Å²) in [6, 6.07) is 11.7. The lowest BCUT2D eigenvalue weighted by molar-refractivity contribution is 0.305. The van der Waals surface area contributed by atoms with Gasteiger partial charge in [0.2, 0.25) is 0 Å². The SMILES string of the molecule is CCC(C)c1ccc(OCc2ccc(Cl)nc2Cl)cc1. The van der Waals surface area contributed by atoms with Crippen molar-refractivity contribution in [1.29, 1.82) is 0 Å². The summed E-state index contributed by atoms with van der Waals surface area (Å²) in [5, 5.41) is 0.769. The van der Waals surface area contributed by atoms with Crippen LogP contribution in [0.3, 0.4) is 0 Å². The highest BCUT2D eigenvalue weighted by atomic mass is 35.5. The second-order valence-electron chi connectivity index (χ2n) is 4.75. The minimum Gasteiger partial charge on any atom is -0.489 e. The highest BCUT2D eigenvalue weighted by molar-refractivity contribution is 6.32. The zero-order valence-electron chi connectivity index (χ0n) is 11.6. The fourth-order valence-corrected chi connectivity index (χ4v) is 2.24. The molecule has 20 heavy (non-hydrogen) atoms. The summed E-state index contributed by atoms with van der Waals surface area (Å²) in [5.74, 6) is 1.39. The van der Waals surface area contributed by atoms with E-state index in [0.29, 0.717) is 22.8 Å². The Morgan fingerprint density at radius 1 is 1.10 bits per heavy atom. The van der Waals surface area contributed by atoms with Gasteiger partial charge in [0.1, 0.15) is 22.7 Å². The highest BCUT2D eigenvalue weighted by Crippen LogP contribution is 2.23. The second kappa shape index (κ2) is 6.96. The zero-order chi connectivity index (χ0) is 14.5. The van der Waals surface area contributed by atoms with Gasteiger partial charge in [0, 0.05) is 5.56 Å². The average molecular weight is 310 g/mol. The molecule has 0 N–H and O–H groups in total. The van der Waals surface area contributed by atoms with Crippen molar-refractivity contribution in [3.63, 3.8) is 0 Å². The van der Waals surface area contributed by atoms with Crippen molar-refractivity contribution >= 4 is 23.2 Å². The van der Waals surface area contributed by atoms with E-state index >= 15 is 0 Å². The first kappa shape index (κ1) is 15.1. The van der Waals surface area contributed by atoms with Gasteiger partial charge in [0.15, 0.2) is 0 Å². The number of nitrogens with zero attached hydrogens (tertiary/aromatic N) is 1. The first-order chi connectivity index (χ1) is 9.60. The summed E-state index contributed by atoms with van der Waals surface area (Å²) < 4.78 is 5.71. The quantitative estimate of drug-likeness (QED) is 0.682. The molecular weight excluding hydrogens is 293 g/mol. The van der Waals surface area contributed by atoms with Gasteiger partial charge >= 0.3 is 0 Å². The normalized spacial score (nSPS) is 12.2. The predicted octanol–water partition coefficient (Wildman–Crippen LogP) is 5.48. The molecule has 0 fully saturated rings. The van der Waals surface area contributed by atoms with Gasteiger partial charge < -0.3 is 4.74 Å². The fourth-order valence-electron chi connectivity index (χ4n) is 1.84. The second-order valence-corrected chi connectivity index (χ2v) is 5.50. The van der Waals surface area contributed by atoms with E-state index in [0.717, 1.165) is 17.7 Å².